The van der Waals surface area contributed by atoms with Crippen molar-refractivity contribution in [2.45, 2.75) is 100 Å². The number of hydrogen-bond acceptors (Lipinski definition) is 2. The third-order valence-corrected chi connectivity index (χ3v) is 7.30. The molecule has 228 valence electrons. The highest BCUT2D eigenvalue weighted by atomic mass is 16.3. The van der Waals surface area contributed by atoms with Crippen molar-refractivity contribution in [2.24, 2.45) is 5.41 Å². The average Bonchev–Trinajstić information content (AvgIpc) is 2.88. The lowest BCUT2D eigenvalue weighted by Gasteiger charge is -2.32. The minimum atomic E-state index is -1.15. The van der Waals surface area contributed by atoms with Crippen LogP contribution in [-0.2, 0) is 0 Å². The van der Waals surface area contributed by atoms with Gasteiger partial charge in [-0.25, -0.2) is 0 Å². The first-order valence-corrected chi connectivity index (χ1v) is 15.2. The number of allylic oxidation sites excluding steroid dienone is 23. The van der Waals surface area contributed by atoms with E-state index >= 15 is 0 Å². The van der Waals surface area contributed by atoms with Crippen LogP contribution in [0.5, 0.6) is 0 Å². The molecular formula is C40H56O2. The molecule has 0 radical (unpaired) electrons. The topological polar surface area (TPSA) is 40.5 Å². The molecule has 0 amide bonds. The minimum Gasteiger partial charge on any atom is -0.387 e. The highest BCUT2D eigenvalue weighted by Crippen LogP contribution is 2.40. The van der Waals surface area contributed by atoms with Crippen LogP contribution in [0.1, 0.15) is 88.5 Å². The molecule has 0 aromatic heterocycles. The summed E-state index contributed by atoms with van der Waals surface area (Å²) in [6, 6.07) is 0. The zero-order chi connectivity index (χ0) is 31.8. The van der Waals surface area contributed by atoms with E-state index in [9.17, 15) is 10.2 Å². The second-order valence-electron chi connectivity index (χ2n) is 12.7. The first-order chi connectivity index (χ1) is 19.6. The van der Waals surface area contributed by atoms with E-state index in [1.54, 1.807) is 19.9 Å². The second kappa shape index (κ2) is 18.4. The normalized spacial score (nSPS) is 19.8. The van der Waals surface area contributed by atoms with Gasteiger partial charge < -0.3 is 10.2 Å². The minimum absolute atomic E-state index is 0.276. The van der Waals surface area contributed by atoms with Crippen LogP contribution in [0.25, 0.3) is 0 Å². The van der Waals surface area contributed by atoms with E-state index in [2.05, 4.69) is 121 Å². The average molecular weight is 569 g/mol. The summed E-state index contributed by atoms with van der Waals surface area (Å²) in [6.07, 6.45) is 37.9. The number of hydrogen-bond donors (Lipinski definition) is 2. The number of rotatable bonds is 13. The van der Waals surface area contributed by atoms with Crippen molar-refractivity contribution in [1.29, 1.82) is 0 Å². The van der Waals surface area contributed by atoms with Crippen LogP contribution < -0.4 is 0 Å². The van der Waals surface area contributed by atoms with E-state index in [4.69, 9.17) is 0 Å². The van der Waals surface area contributed by atoms with Gasteiger partial charge in [0.15, 0.2) is 0 Å². The summed E-state index contributed by atoms with van der Waals surface area (Å²) in [7, 11) is 0. The van der Waals surface area contributed by atoms with E-state index < -0.39 is 11.7 Å². The smallest absolute Gasteiger partial charge is 0.101 e. The van der Waals surface area contributed by atoms with Crippen molar-refractivity contribution in [2.75, 3.05) is 0 Å². The quantitative estimate of drug-likeness (QED) is 0.217. The van der Waals surface area contributed by atoms with Gasteiger partial charge in [0.25, 0.3) is 0 Å². The molecule has 0 bridgehead atoms. The fourth-order valence-electron chi connectivity index (χ4n) is 4.45. The maximum atomic E-state index is 9.88. The fourth-order valence-corrected chi connectivity index (χ4v) is 4.45. The molecule has 0 unspecified atom stereocenters. The Balaban J connectivity index is 2.61. The van der Waals surface area contributed by atoms with Gasteiger partial charge in [-0.1, -0.05) is 151 Å². The van der Waals surface area contributed by atoms with Crippen molar-refractivity contribution in [3.8, 4) is 0 Å². The summed E-state index contributed by atoms with van der Waals surface area (Å²) in [5.41, 5.74) is 7.92. The van der Waals surface area contributed by atoms with Crippen LogP contribution in [0.4, 0.5) is 0 Å². The van der Waals surface area contributed by atoms with Gasteiger partial charge in [-0.05, 0) is 85.6 Å². The Hall–Kier alpha value is -3.20. The van der Waals surface area contributed by atoms with Crippen LogP contribution in [0.3, 0.4) is 0 Å². The molecule has 0 aromatic carbocycles. The molecule has 2 N–H and O–H groups in total. The molecule has 1 aliphatic carbocycles. The van der Waals surface area contributed by atoms with Crippen molar-refractivity contribution >= 4 is 0 Å². The Morgan fingerprint density at radius 3 is 1.52 bits per heavy atom. The van der Waals surface area contributed by atoms with Crippen LogP contribution in [0.15, 0.2) is 142 Å². The molecule has 1 atom stereocenters. The molecule has 0 heterocycles. The van der Waals surface area contributed by atoms with Crippen molar-refractivity contribution in [3.05, 3.63) is 142 Å². The van der Waals surface area contributed by atoms with Crippen LogP contribution in [0.2, 0.25) is 0 Å². The summed E-state index contributed by atoms with van der Waals surface area (Å²) in [5.74, 6) is 0. The fraction of sp³-hybridized carbons (Fsp3) is 0.400. The summed E-state index contributed by atoms with van der Waals surface area (Å²) < 4.78 is 0. The highest BCUT2D eigenvalue weighted by molar-refractivity contribution is 5.37. The lowest BCUT2D eigenvalue weighted by Crippen LogP contribution is -2.34. The van der Waals surface area contributed by atoms with Crippen molar-refractivity contribution < 1.29 is 10.2 Å². The predicted octanol–water partition coefficient (Wildman–Crippen LogP) is 10.7. The van der Waals surface area contributed by atoms with Gasteiger partial charge in [0.2, 0.25) is 0 Å². The second-order valence-corrected chi connectivity index (χ2v) is 12.7. The molecule has 1 aliphatic rings. The maximum absolute atomic E-state index is 9.88. The van der Waals surface area contributed by atoms with Crippen molar-refractivity contribution in [1.82, 2.24) is 0 Å². The van der Waals surface area contributed by atoms with E-state index in [1.807, 2.05) is 31.2 Å². The molecule has 42 heavy (non-hydrogen) atoms. The molecule has 0 spiro atoms. The van der Waals surface area contributed by atoms with Crippen molar-refractivity contribution in [3.63, 3.8) is 0 Å². The first kappa shape index (κ1) is 36.8. The lowest BCUT2D eigenvalue weighted by atomic mass is 9.72. The van der Waals surface area contributed by atoms with Crippen LogP contribution in [-0.4, -0.2) is 21.9 Å². The summed E-state index contributed by atoms with van der Waals surface area (Å²) in [5, 5.41) is 19.7. The van der Waals surface area contributed by atoms with Gasteiger partial charge in [-0.3, -0.25) is 0 Å². The third kappa shape index (κ3) is 15.7. The Morgan fingerprint density at radius 2 is 1.10 bits per heavy atom. The molecular weight excluding hydrogens is 512 g/mol. The Morgan fingerprint density at radius 1 is 0.690 bits per heavy atom. The van der Waals surface area contributed by atoms with Crippen LogP contribution in [0, 0.1) is 5.41 Å². The van der Waals surface area contributed by atoms with E-state index in [0.29, 0.717) is 0 Å². The van der Waals surface area contributed by atoms with Gasteiger partial charge in [-0.2, -0.15) is 0 Å². The van der Waals surface area contributed by atoms with Gasteiger partial charge >= 0.3 is 0 Å². The molecule has 2 nitrogen and oxygen atoms in total. The molecule has 0 saturated carbocycles. The molecule has 2 heteroatoms. The van der Waals surface area contributed by atoms with E-state index in [-0.39, 0.29) is 5.41 Å². The zero-order valence-corrected chi connectivity index (χ0v) is 27.9. The van der Waals surface area contributed by atoms with Crippen LogP contribution >= 0.6 is 0 Å². The van der Waals surface area contributed by atoms with Gasteiger partial charge in [0.05, 0.1) is 5.60 Å². The zero-order valence-electron chi connectivity index (χ0n) is 27.9. The highest BCUT2D eigenvalue weighted by Gasteiger charge is 2.26. The predicted molar refractivity (Wildman–Crippen MR) is 186 cm³/mol. The summed E-state index contributed by atoms with van der Waals surface area (Å²) in [4.78, 5) is 0. The largest absolute Gasteiger partial charge is 0.387 e. The molecule has 0 aliphatic heterocycles. The Labute approximate surface area is 257 Å². The summed E-state index contributed by atoms with van der Waals surface area (Å²) in [6.45, 7) is 20.5. The first-order valence-electron chi connectivity index (χ1n) is 15.2. The maximum Gasteiger partial charge on any atom is 0.101 e. The molecule has 0 aromatic rings. The van der Waals surface area contributed by atoms with Gasteiger partial charge in [0, 0.05) is 0 Å². The molecule has 0 fully saturated rings. The van der Waals surface area contributed by atoms with E-state index in [0.717, 1.165) is 11.1 Å². The summed E-state index contributed by atoms with van der Waals surface area (Å²) >= 11 is 0. The standard InChI is InChI=1S/C40H56O2/c1-31(19-13-21-33(3)22-15-24-35(5)27-29-38(41)40(9,10)42)17-11-12-18-32(2)20-14-23-34(4)26-28-37-36(6)25-16-30-39(37,7)8/h11-15,17-24,26-29,38,41-42H,16,25,30H2,1-10H3/b12-11+,19-13+,20-14+,22-15+,28-26+,29-27-,31-17+,32-18+,33-21+,34-23+,35-24+/t38-/m0/s1. The third-order valence-electron chi connectivity index (χ3n) is 7.30. The van der Waals surface area contributed by atoms with Gasteiger partial charge in [-0.15, -0.1) is 0 Å². The Bertz CT molecular complexity index is 1250. The van der Waals surface area contributed by atoms with E-state index in [1.165, 1.54) is 47.1 Å². The molecule has 1 rings (SSSR count). The van der Waals surface area contributed by atoms with Gasteiger partial charge in [0.1, 0.15) is 6.10 Å². The number of aliphatic hydroxyl groups excluding tert-OH is 1. The monoisotopic (exact) mass is 568 g/mol. The lowest BCUT2D eigenvalue weighted by molar-refractivity contribution is -0.0226. The number of aliphatic hydroxyl groups is 2. The SMILES string of the molecule is CC1=C(/C=C/C(C)=C/C=C/C(C)=C/C=C/C=C(C)/C=C/C=C(C)/C=C/C=C(C)/C=C\[C@H](O)C(C)(C)O)C(C)(C)CCC1. The molecule has 0 saturated heterocycles. The Kier molecular flexibility index (Phi) is 16.1.